The van der Waals surface area contributed by atoms with Crippen LogP contribution in [0.5, 0.6) is 5.75 Å². The number of carbonyl (C=O) groups is 4. The Balaban J connectivity index is 1.01. The molecule has 2 fully saturated rings. The van der Waals surface area contributed by atoms with Crippen molar-refractivity contribution in [3.05, 3.63) is 90.0 Å². The second kappa shape index (κ2) is 17.1. The predicted molar refractivity (Wildman–Crippen MR) is 179 cm³/mol. The van der Waals surface area contributed by atoms with Crippen LogP contribution in [-0.4, -0.2) is 55.0 Å². The molecule has 0 aromatic heterocycles. The molecule has 0 spiro atoms. The minimum Gasteiger partial charge on any atom is -0.491 e. The fraction of sp³-hybridized carbons (Fsp3) is 0.378. The Hall–Kier alpha value is -5.39. The van der Waals surface area contributed by atoms with Gasteiger partial charge in [0.05, 0.1) is 18.4 Å². The first-order valence-corrected chi connectivity index (χ1v) is 16.5. The van der Waals surface area contributed by atoms with Crippen LogP contribution in [0, 0.1) is 11.3 Å². The molecule has 3 atom stereocenters. The second-order valence-electron chi connectivity index (χ2n) is 12.1. The van der Waals surface area contributed by atoms with Crippen molar-refractivity contribution >= 4 is 30.0 Å². The Morgan fingerprint density at radius 3 is 2.27 bits per heavy atom. The average molecular weight is 672 g/mol. The van der Waals surface area contributed by atoms with Gasteiger partial charge in [0.1, 0.15) is 30.9 Å². The van der Waals surface area contributed by atoms with E-state index < -0.39 is 30.4 Å². The number of carbonyl (C=O) groups excluding carboxylic acids is 4. The predicted octanol–water partition coefficient (Wildman–Crippen LogP) is 6.25. The number of alkyl carbamates (subject to hydrolysis) is 1. The molecular weight excluding hydrogens is 630 g/mol. The Bertz CT molecular complexity index is 1590. The number of benzene rings is 3. The third-order valence-corrected chi connectivity index (χ3v) is 8.33. The molecule has 3 aromatic rings. The quantitative estimate of drug-likeness (QED) is 0.0664. The molecule has 1 saturated heterocycles. The van der Waals surface area contributed by atoms with Crippen LogP contribution in [0.25, 0.3) is 11.1 Å². The molecule has 1 unspecified atom stereocenters. The van der Waals surface area contributed by atoms with Crippen LogP contribution >= 0.6 is 0 Å². The van der Waals surface area contributed by atoms with Crippen LogP contribution in [0.1, 0.15) is 63.0 Å². The highest BCUT2D eigenvalue weighted by Gasteiger charge is 2.35. The van der Waals surface area contributed by atoms with Crippen molar-refractivity contribution in [2.75, 3.05) is 6.61 Å². The number of hydrogen-bond acceptors (Lipinski definition) is 10. The van der Waals surface area contributed by atoms with E-state index in [2.05, 4.69) is 10.6 Å². The van der Waals surface area contributed by atoms with Crippen molar-refractivity contribution in [3.63, 3.8) is 0 Å². The maximum atomic E-state index is 12.5. The molecule has 5 rings (SSSR count). The zero-order chi connectivity index (χ0) is 34.6. The normalized spacial score (nSPS) is 18.0. The zero-order valence-corrected chi connectivity index (χ0v) is 27.4. The molecule has 1 aliphatic heterocycles. The van der Waals surface area contributed by atoms with E-state index in [9.17, 15) is 19.2 Å². The smallest absolute Gasteiger partial charge is 0.491 e. The third kappa shape index (κ3) is 10.8. The summed E-state index contributed by atoms with van der Waals surface area (Å²) in [6, 6.07) is 23.6. The van der Waals surface area contributed by atoms with Gasteiger partial charge in [0.25, 0.3) is 0 Å². The molecule has 3 aromatic carbocycles. The van der Waals surface area contributed by atoms with E-state index in [1.165, 1.54) is 6.92 Å². The van der Waals surface area contributed by atoms with Crippen molar-refractivity contribution in [2.24, 2.45) is 5.92 Å². The highest BCUT2D eigenvalue weighted by molar-refractivity contribution is 6.04. The molecule has 1 aliphatic carbocycles. The lowest BCUT2D eigenvalue weighted by molar-refractivity contribution is -0.170. The second-order valence-corrected chi connectivity index (χ2v) is 12.1. The van der Waals surface area contributed by atoms with Crippen LogP contribution < -0.4 is 15.4 Å². The van der Waals surface area contributed by atoms with E-state index in [0.717, 1.165) is 48.8 Å². The van der Waals surface area contributed by atoms with Crippen LogP contribution in [0.4, 0.5) is 9.59 Å². The number of ether oxygens (including phenoxy) is 5. The maximum absolute atomic E-state index is 12.5. The van der Waals surface area contributed by atoms with Crippen molar-refractivity contribution < 1.29 is 42.9 Å². The lowest BCUT2D eigenvalue weighted by Gasteiger charge is -2.22. The first-order valence-electron chi connectivity index (χ1n) is 16.5. The summed E-state index contributed by atoms with van der Waals surface area (Å²) in [7, 11) is 0. The summed E-state index contributed by atoms with van der Waals surface area (Å²) in [6.45, 7) is 1.77. The lowest BCUT2D eigenvalue weighted by atomic mass is 9.98. The molecule has 1 saturated carbocycles. The molecule has 0 radical (unpaired) electrons. The topological polar surface area (TPSA) is 162 Å². The fourth-order valence-corrected chi connectivity index (χ4v) is 5.76. The summed E-state index contributed by atoms with van der Waals surface area (Å²) in [6.07, 6.45) is 2.14. The highest BCUT2D eigenvalue weighted by Crippen LogP contribution is 2.25. The van der Waals surface area contributed by atoms with Gasteiger partial charge in [0.15, 0.2) is 0 Å². The van der Waals surface area contributed by atoms with Gasteiger partial charge in [-0.1, -0.05) is 73.2 Å². The first-order chi connectivity index (χ1) is 23.7. The largest absolute Gasteiger partial charge is 0.511 e. The molecular formula is C37H41N3O9. The van der Waals surface area contributed by atoms with Gasteiger partial charge in [-0.05, 0) is 60.9 Å². The SMILES string of the molecule is CC(OC(=O)C[C@@H]1C[C@@H](COc2ccc(-c3ccc(C(=N)NC(=O)OCc4ccccc4)cc3)cc2)NC1=O)OC(=O)OC1CCCCC1. The van der Waals surface area contributed by atoms with E-state index in [-0.39, 0.29) is 43.5 Å². The van der Waals surface area contributed by atoms with Gasteiger partial charge in [-0.2, -0.15) is 0 Å². The summed E-state index contributed by atoms with van der Waals surface area (Å²) in [4.78, 5) is 49.0. The van der Waals surface area contributed by atoms with E-state index in [1.807, 2.05) is 66.7 Å². The maximum Gasteiger partial charge on any atom is 0.511 e. The van der Waals surface area contributed by atoms with Crippen molar-refractivity contribution in [1.29, 1.82) is 5.41 Å². The summed E-state index contributed by atoms with van der Waals surface area (Å²) >= 11 is 0. The first kappa shape index (κ1) is 34.9. The van der Waals surface area contributed by atoms with Crippen molar-refractivity contribution in [2.45, 2.75) is 76.9 Å². The van der Waals surface area contributed by atoms with Gasteiger partial charge >= 0.3 is 18.2 Å². The van der Waals surface area contributed by atoms with Gasteiger partial charge in [0.2, 0.25) is 12.2 Å². The van der Waals surface area contributed by atoms with Gasteiger partial charge < -0.3 is 29.0 Å². The third-order valence-electron chi connectivity index (χ3n) is 8.33. The van der Waals surface area contributed by atoms with Crippen LogP contribution in [0.3, 0.4) is 0 Å². The van der Waals surface area contributed by atoms with E-state index >= 15 is 0 Å². The lowest BCUT2D eigenvalue weighted by Crippen LogP contribution is -2.31. The van der Waals surface area contributed by atoms with Crippen LogP contribution in [0.2, 0.25) is 0 Å². The van der Waals surface area contributed by atoms with E-state index in [0.29, 0.717) is 17.7 Å². The summed E-state index contributed by atoms with van der Waals surface area (Å²) < 4.78 is 26.6. The number of amidine groups is 1. The molecule has 2 amide bonds. The zero-order valence-electron chi connectivity index (χ0n) is 27.4. The number of nitrogens with one attached hydrogen (secondary N) is 3. The van der Waals surface area contributed by atoms with Crippen LogP contribution in [-0.2, 0) is 35.1 Å². The highest BCUT2D eigenvalue weighted by atomic mass is 16.8. The van der Waals surface area contributed by atoms with Gasteiger partial charge in [-0.25, -0.2) is 9.59 Å². The van der Waals surface area contributed by atoms with Crippen molar-refractivity contribution in [1.82, 2.24) is 10.6 Å². The number of hydrogen-bond donors (Lipinski definition) is 3. The number of amides is 2. The summed E-state index contributed by atoms with van der Waals surface area (Å²) in [5.41, 5.74) is 3.22. The minimum absolute atomic E-state index is 0.0679. The molecule has 258 valence electrons. The molecule has 12 heteroatoms. The monoisotopic (exact) mass is 671 g/mol. The minimum atomic E-state index is -1.13. The average Bonchev–Trinajstić information content (AvgIpc) is 3.45. The summed E-state index contributed by atoms with van der Waals surface area (Å²) in [5, 5.41) is 13.5. The molecule has 12 nitrogen and oxygen atoms in total. The van der Waals surface area contributed by atoms with Gasteiger partial charge in [-0.15, -0.1) is 0 Å². The Kier molecular flexibility index (Phi) is 12.2. The van der Waals surface area contributed by atoms with Gasteiger partial charge in [-0.3, -0.25) is 20.3 Å². The van der Waals surface area contributed by atoms with Gasteiger partial charge in [0, 0.05) is 12.5 Å². The Morgan fingerprint density at radius 2 is 1.57 bits per heavy atom. The molecule has 0 bridgehead atoms. The molecule has 1 heterocycles. The Morgan fingerprint density at radius 1 is 0.898 bits per heavy atom. The Labute approximate surface area is 284 Å². The standard InChI is InChI=1S/C37H41N3O9/c1-24(48-37(44)49-32-10-6-3-7-11-32)47-33(41)21-29-20-30(39-35(29)42)23-45-31-18-16-27(17-19-31)26-12-14-28(15-13-26)34(38)40-36(43)46-22-25-8-4-2-5-9-25/h2,4-5,8-9,12-19,24,29-30,32H,3,6-7,10-11,20-23H2,1H3,(H,39,42)(H2,38,40,43)/t24?,29-,30-/m0/s1. The molecule has 3 N–H and O–H groups in total. The molecule has 49 heavy (non-hydrogen) atoms. The fourth-order valence-electron chi connectivity index (χ4n) is 5.76. The summed E-state index contributed by atoms with van der Waals surface area (Å²) in [5.74, 6) is -0.936. The molecule has 2 aliphatic rings. The number of esters is 1. The van der Waals surface area contributed by atoms with Crippen molar-refractivity contribution in [3.8, 4) is 16.9 Å². The van der Waals surface area contributed by atoms with Crippen LogP contribution in [0.15, 0.2) is 78.9 Å². The number of rotatable bonds is 12. The van der Waals surface area contributed by atoms with E-state index in [1.54, 1.807) is 12.1 Å². The van der Waals surface area contributed by atoms with E-state index in [4.69, 9.17) is 29.1 Å².